The summed E-state index contributed by atoms with van der Waals surface area (Å²) in [5.74, 6) is 0.0680. The molecule has 1 aromatic heterocycles. The summed E-state index contributed by atoms with van der Waals surface area (Å²) >= 11 is 0. The van der Waals surface area contributed by atoms with Crippen LogP contribution in [-0.4, -0.2) is 84.4 Å². The van der Waals surface area contributed by atoms with E-state index in [-0.39, 0.29) is 36.0 Å². The second-order valence-corrected chi connectivity index (χ2v) is 12.1. The largest absolute Gasteiger partial charge is 0.444 e. The number of amides is 2. The average Bonchev–Trinajstić information content (AvgIpc) is 3.41. The van der Waals surface area contributed by atoms with Crippen molar-refractivity contribution in [2.75, 3.05) is 44.8 Å². The van der Waals surface area contributed by atoms with Crippen LogP contribution in [0.4, 0.5) is 10.5 Å². The van der Waals surface area contributed by atoms with Gasteiger partial charge in [-0.25, -0.2) is 4.79 Å². The summed E-state index contributed by atoms with van der Waals surface area (Å²) in [5.41, 5.74) is 3.65. The Bertz CT molecular complexity index is 1030. The summed E-state index contributed by atoms with van der Waals surface area (Å²) in [6.45, 7) is 14.3. The van der Waals surface area contributed by atoms with Crippen LogP contribution in [0.15, 0.2) is 18.3 Å². The fraction of sp³-hybridized carbons (Fsp3) is 0.679. The van der Waals surface area contributed by atoms with E-state index in [4.69, 9.17) is 14.5 Å². The molecule has 36 heavy (non-hydrogen) atoms. The molecule has 0 spiro atoms. The number of nitrogens with zero attached hydrogens (tertiary/aromatic N) is 4. The molecular weight excluding hydrogens is 456 g/mol. The molecule has 0 unspecified atom stereocenters. The number of pyridine rings is 1. The molecule has 4 rings (SSSR count). The van der Waals surface area contributed by atoms with Gasteiger partial charge >= 0.3 is 6.09 Å². The lowest BCUT2D eigenvalue weighted by Gasteiger charge is -2.45. The van der Waals surface area contributed by atoms with Crippen LogP contribution in [0.5, 0.6) is 0 Å². The van der Waals surface area contributed by atoms with Gasteiger partial charge in [-0.05, 0) is 58.6 Å². The number of piperazine rings is 1. The number of rotatable bonds is 5. The zero-order valence-electron chi connectivity index (χ0n) is 23.0. The number of hydrogen-bond acceptors (Lipinski definition) is 6. The Morgan fingerprint density at radius 2 is 1.97 bits per heavy atom. The zero-order valence-corrected chi connectivity index (χ0v) is 23.0. The molecule has 0 saturated carbocycles. The van der Waals surface area contributed by atoms with E-state index in [0.717, 1.165) is 36.2 Å². The maximum absolute atomic E-state index is 13.8. The van der Waals surface area contributed by atoms with Crippen molar-refractivity contribution < 1.29 is 19.1 Å². The van der Waals surface area contributed by atoms with Gasteiger partial charge in [0.25, 0.3) is 0 Å². The van der Waals surface area contributed by atoms with Crippen LogP contribution in [0, 0.1) is 0 Å². The van der Waals surface area contributed by atoms with Crippen LogP contribution >= 0.6 is 0 Å². The Morgan fingerprint density at radius 1 is 1.22 bits per heavy atom. The van der Waals surface area contributed by atoms with Crippen LogP contribution in [0.25, 0.3) is 5.57 Å². The van der Waals surface area contributed by atoms with Crippen molar-refractivity contribution in [2.24, 2.45) is 0 Å². The number of methoxy groups -OCH3 is 1. The lowest BCUT2D eigenvalue weighted by molar-refractivity contribution is -0.121. The van der Waals surface area contributed by atoms with Crippen LogP contribution in [0.3, 0.4) is 0 Å². The SMILES string of the molecule is COC[C@H]1CN(C(=O)OC(C)(C)C)[C@H](C)CN1CC(=O)N1CC(C)(C)c2cnc(C3=CCCC3)cc21. The highest BCUT2D eigenvalue weighted by Gasteiger charge is 2.41. The lowest BCUT2D eigenvalue weighted by Crippen LogP contribution is -2.62. The summed E-state index contributed by atoms with van der Waals surface area (Å²) in [6, 6.07) is 1.94. The van der Waals surface area contributed by atoms with Gasteiger partial charge in [-0.2, -0.15) is 0 Å². The minimum Gasteiger partial charge on any atom is -0.444 e. The Hall–Kier alpha value is -2.45. The van der Waals surface area contributed by atoms with Crippen LogP contribution < -0.4 is 4.90 Å². The van der Waals surface area contributed by atoms with Crippen LogP contribution in [0.1, 0.15) is 72.1 Å². The first-order chi connectivity index (χ1) is 16.9. The predicted molar refractivity (Wildman–Crippen MR) is 141 cm³/mol. The Labute approximate surface area is 215 Å². The van der Waals surface area contributed by atoms with E-state index in [0.29, 0.717) is 26.2 Å². The summed E-state index contributed by atoms with van der Waals surface area (Å²) < 4.78 is 11.1. The average molecular weight is 499 g/mol. The van der Waals surface area contributed by atoms with Gasteiger partial charge in [-0.15, -0.1) is 0 Å². The van der Waals surface area contributed by atoms with Gasteiger partial charge in [0.15, 0.2) is 0 Å². The molecule has 0 bridgehead atoms. The molecule has 0 aromatic carbocycles. The Kier molecular flexibility index (Phi) is 7.49. The topological polar surface area (TPSA) is 75.2 Å². The molecular formula is C28H42N4O4. The molecule has 0 radical (unpaired) electrons. The summed E-state index contributed by atoms with van der Waals surface area (Å²) in [4.78, 5) is 37.2. The van der Waals surface area contributed by atoms with Gasteiger partial charge in [-0.3, -0.25) is 14.7 Å². The first kappa shape index (κ1) is 26.6. The number of carbonyl (C=O) groups is 2. The maximum atomic E-state index is 13.8. The van der Waals surface area contributed by atoms with Crippen molar-refractivity contribution in [3.8, 4) is 0 Å². The molecule has 8 heteroatoms. The second kappa shape index (κ2) is 10.1. The molecule has 8 nitrogen and oxygen atoms in total. The van der Waals surface area contributed by atoms with E-state index >= 15 is 0 Å². The number of ether oxygens (including phenoxy) is 2. The molecule has 2 amide bonds. The molecule has 3 heterocycles. The normalized spacial score (nSPS) is 24.0. The fourth-order valence-electron chi connectivity index (χ4n) is 5.54. The highest BCUT2D eigenvalue weighted by Crippen LogP contribution is 2.42. The number of allylic oxidation sites excluding steroid dienone is 2. The predicted octanol–water partition coefficient (Wildman–Crippen LogP) is 4.23. The summed E-state index contributed by atoms with van der Waals surface area (Å²) in [5, 5.41) is 0. The fourth-order valence-corrected chi connectivity index (χ4v) is 5.54. The minimum atomic E-state index is -0.557. The van der Waals surface area contributed by atoms with Crippen molar-refractivity contribution >= 4 is 23.3 Å². The molecule has 0 N–H and O–H groups in total. The molecule has 198 valence electrons. The third kappa shape index (κ3) is 5.59. The standard InChI is InChI=1S/C28H42N4O4/c1-19-14-30(21(17-35-7)15-31(19)26(34)36-27(2,3)4)16-25(33)32-18-28(5,6)22-13-29-23(12-24(22)32)20-10-8-9-11-20/h10,12-13,19,21H,8-9,11,14-18H2,1-7H3/t19-,21-/m1/s1. The van der Waals surface area contributed by atoms with E-state index < -0.39 is 5.60 Å². The number of hydrogen-bond donors (Lipinski definition) is 0. The van der Waals surface area contributed by atoms with E-state index in [9.17, 15) is 9.59 Å². The van der Waals surface area contributed by atoms with E-state index in [1.165, 1.54) is 5.57 Å². The minimum absolute atomic E-state index is 0.0680. The number of fused-ring (bicyclic) bond motifs is 1. The van der Waals surface area contributed by atoms with Gasteiger partial charge in [0.05, 0.1) is 30.6 Å². The highest BCUT2D eigenvalue weighted by atomic mass is 16.6. The maximum Gasteiger partial charge on any atom is 0.410 e. The van der Waals surface area contributed by atoms with Crippen molar-refractivity contribution in [2.45, 2.75) is 83.9 Å². The molecule has 3 aliphatic rings. The van der Waals surface area contributed by atoms with Gasteiger partial charge in [0.2, 0.25) is 5.91 Å². The van der Waals surface area contributed by atoms with Crippen molar-refractivity contribution in [1.29, 1.82) is 0 Å². The first-order valence-electron chi connectivity index (χ1n) is 13.1. The number of aromatic nitrogens is 1. The van der Waals surface area contributed by atoms with E-state index in [1.807, 2.05) is 38.8 Å². The smallest absolute Gasteiger partial charge is 0.410 e. The Morgan fingerprint density at radius 3 is 2.61 bits per heavy atom. The number of carbonyl (C=O) groups excluding carboxylic acids is 2. The molecule has 2 atom stereocenters. The molecule has 1 fully saturated rings. The van der Waals surface area contributed by atoms with E-state index in [2.05, 4.69) is 30.9 Å². The monoisotopic (exact) mass is 498 g/mol. The Balaban J connectivity index is 1.52. The summed E-state index contributed by atoms with van der Waals surface area (Å²) in [7, 11) is 1.65. The quantitative estimate of drug-likeness (QED) is 0.605. The highest BCUT2D eigenvalue weighted by molar-refractivity contribution is 5.98. The van der Waals surface area contributed by atoms with Gasteiger partial charge in [-0.1, -0.05) is 19.9 Å². The third-order valence-electron chi connectivity index (χ3n) is 7.41. The molecule has 1 saturated heterocycles. The van der Waals surface area contributed by atoms with Crippen molar-refractivity contribution in [3.63, 3.8) is 0 Å². The molecule has 1 aliphatic carbocycles. The third-order valence-corrected chi connectivity index (χ3v) is 7.41. The van der Waals surface area contributed by atoms with Crippen LogP contribution in [0.2, 0.25) is 0 Å². The van der Waals surface area contributed by atoms with Gasteiger partial charge in [0.1, 0.15) is 5.60 Å². The van der Waals surface area contributed by atoms with Gasteiger partial charge in [0, 0.05) is 50.0 Å². The lowest BCUT2D eigenvalue weighted by atomic mass is 9.88. The molecule has 2 aliphatic heterocycles. The zero-order chi connectivity index (χ0) is 26.3. The number of anilines is 1. The van der Waals surface area contributed by atoms with E-state index in [1.54, 1.807) is 12.0 Å². The van der Waals surface area contributed by atoms with Crippen molar-refractivity contribution in [1.82, 2.24) is 14.8 Å². The van der Waals surface area contributed by atoms with Crippen LogP contribution in [-0.2, 0) is 19.7 Å². The van der Waals surface area contributed by atoms with Crippen molar-refractivity contribution in [3.05, 3.63) is 29.6 Å². The van der Waals surface area contributed by atoms with Gasteiger partial charge < -0.3 is 19.3 Å². The first-order valence-corrected chi connectivity index (χ1v) is 13.1. The second-order valence-electron chi connectivity index (χ2n) is 12.1. The molecule has 1 aromatic rings. The summed E-state index contributed by atoms with van der Waals surface area (Å²) in [6.07, 6.45) is 7.21.